The number of hydrogen-bond donors (Lipinski definition) is 2. The number of benzene rings is 1. The first-order chi connectivity index (χ1) is 11.3. The first-order valence-electron chi connectivity index (χ1n) is 8.63. The summed E-state index contributed by atoms with van der Waals surface area (Å²) in [6.07, 6.45) is 3.38. The highest BCUT2D eigenvalue weighted by molar-refractivity contribution is 5.92. The van der Waals surface area contributed by atoms with Crippen LogP contribution in [0.3, 0.4) is 0 Å². The Labute approximate surface area is 140 Å². The molecule has 2 N–H and O–H groups in total. The fourth-order valence-electron chi connectivity index (χ4n) is 4.84. The van der Waals surface area contributed by atoms with E-state index < -0.39 is 0 Å². The molecule has 24 heavy (non-hydrogen) atoms. The van der Waals surface area contributed by atoms with Gasteiger partial charge in [-0.15, -0.1) is 0 Å². The highest BCUT2D eigenvalue weighted by Crippen LogP contribution is 2.65. The predicted molar refractivity (Wildman–Crippen MR) is 92.8 cm³/mol. The smallest absolute Gasteiger partial charge is 0.287 e. The van der Waals surface area contributed by atoms with Crippen LogP contribution in [-0.2, 0) is 0 Å². The maximum Gasteiger partial charge on any atom is 0.287 e. The zero-order valence-corrected chi connectivity index (χ0v) is 14.3. The van der Waals surface area contributed by atoms with E-state index in [2.05, 4.69) is 36.1 Å². The third kappa shape index (κ3) is 1.96. The topological polar surface area (TPSA) is 74.8 Å². The summed E-state index contributed by atoms with van der Waals surface area (Å²) in [6.45, 7) is 6.90. The maximum absolute atomic E-state index is 12.7. The largest absolute Gasteiger partial charge is 0.346 e. The van der Waals surface area contributed by atoms with Gasteiger partial charge in [0.25, 0.3) is 11.5 Å². The van der Waals surface area contributed by atoms with Crippen molar-refractivity contribution in [2.24, 2.45) is 16.7 Å². The quantitative estimate of drug-likeness (QED) is 0.891. The lowest BCUT2D eigenvalue weighted by atomic mass is 9.69. The van der Waals surface area contributed by atoms with Crippen LogP contribution >= 0.6 is 0 Å². The van der Waals surface area contributed by atoms with Gasteiger partial charge in [-0.2, -0.15) is 0 Å². The minimum Gasteiger partial charge on any atom is -0.346 e. The highest BCUT2D eigenvalue weighted by Gasteiger charge is 2.61. The van der Waals surface area contributed by atoms with Crippen LogP contribution in [0.2, 0.25) is 0 Å². The van der Waals surface area contributed by atoms with Gasteiger partial charge in [0.1, 0.15) is 0 Å². The number of amides is 1. The molecular formula is C19H23N3O2. The molecule has 1 amide bonds. The molecule has 0 unspecified atom stereocenters. The molecule has 4 rings (SSSR count). The zero-order valence-electron chi connectivity index (χ0n) is 14.3. The van der Waals surface area contributed by atoms with Gasteiger partial charge in [-0.3, -0.25) is 9.59 Å². The van der Waals surface area contributed by atoms with Crippen LogP contribution in [0.15, 0.2) is 29.1 Å². The molecular weight excluding hydrogens is 302 g/mol. The Morgan fingerprint density at radius 3 is 2.71 bits per heavy atom. The molecule has 2 saturated carbocycles. The summed E-state index contributed by atoms with van der Waals surface area (Å²) in [4.78, 5) is 31.8. The lowest BCUT2D eigenvalue weighted by Gasteiger charge is -2.39. The van der Waals surface area contributed by atoms with Crippen molar-refractivity contribution in [3.63, 3.8) is 0 Å². The van der Waals surface area contributed by atoms with Gasteiger partial charge in [-0.05, 0) is 48.1 Å². The number of H-pyrrole nitrogens is 1. The number of rotatable bonds is 2. The van der Waals surface area contributed by atoms with Crippen LogP contribution in [0, 0.1) is 16.7 Å². The summed E-state index contributed by atoms with van der Waals surface area (Å²) in [7, 11) is 0. The summed E-state index contributed by atoms with van der Waals surface area (Å²) < 4.78 is 0. The molecule has 2 aromatic rings. The van der Waals surface area contributed by atoms with Gasteiger partial charge >= 0.3 is 0 Å². The first-order valence-corrected chi connectivity index (χ1v) is 8.63. The SMILES string of the molecule is CC1(C)[C@@H]2CC[C@]1(C)[C@@H](NC(=O)c1nc3ccccc3c(=O)[nH]1)C2. The van der Waals surface area contributed by atoms with E-state index in [4.69, 9.17) is 0 Å². The van der Waals surface area contributed by atoms with Gasteiger partial charge in [-0.25, -0.2) is 4.98 Å². The minimum atomic E-state index is -0.285. The molecule has 0 radical (unpaired) electrons. The van der Waals surface area contributed by atoms with Crippen LogP contribution in [0.25, 0.3) is 10.9 Å². The number of nitrogens with zero attached hydrogens (tertiary/aromatic N) is 1. The number of aromatic amines is 1. The van der Waals surface area contributed by atoms with Crippen LogP contribution in [0.4, 0.5) is 0 Å². The van der Waals surface area contributed by atoms with Crippen molar-refractivity contribution < 1.29 is 4.79 Å². The van der Waals surface area contributed by atoms with Gasteiger partial charge in [0.05, 0.1) is 10.9 Å². The Kier molecular flexibility index (Phi) is 3.15. The Balaban J connectivity index is 1.63. The Hall–Kier alpha value is -2.17. The average Bonchev–Trinajstić information content (AvgIpc) is 2.88. The Morgan fingerprint density at radius 2 is 2.04 bits per heavy atom. The predicted octanol–water partition coefficient (Wildman–Crippen LogP) is 2.87. The molecule has 2 aliphatic rings. The fourth-order valence-corrected chi connectivity index (χ4v) is 4.84. The molecule has 2 bridgehead atoms. The van der Waals surface area contributed by atoms with Crippen LogP contribution < -0.4 is 10.9 Å². The molecule has 5 nitrogen and oxygen atoms in total. The van der Waals surface area contributed by atoms with E-state index in [0.29, 0.717) is 16.8 Å². The lowest BCUT2D eigenvalue weighted by Crippen LogP contribution is -2.47. The standard InChI is InChI=1S/C19H23N3O2/c1-18(2)11-8-9-19(18,3)14(10-11)21-17(24)15-20-13-7-5-4-6-12(13)16(23)22-15/h4-7,11,14H,8-10H2,1-3H3,(H,21,24)(H,20,22,23)/t11-,14+,19-/m1/s1. The minimum absolute atomic E-state index is 0.0999. The number of fused-ring (bicyclic) bond motifs is 3. The van der Waals surface area contributed by atoms with Crippen LogP contribution in [-0.4, -0.2) is 21.9 Å². The van der Waals surface area contributed by atoms with Crippen molar-refractivity contribution in [2.45, 2.75) is 46.1 Å². The van der Waals surface area contributed by atoms with Crippen molar-refractivity contribution in [1.29, 1.82) is 0 Å². The normalized spacial score (nSPS) is 30.6. The van der Waals surface area contributed by atoms with Gasteiger partial charge in [0, 0.05) is 6.04 Å². The zero-order chi connectivity index (χ0) is 17.1. The van der Waals surface area contributed by atoms with E-state index in [0.717, 1.165) is 12.8 Å². The second-order valence-corrected chi connectivity index (χ2v) is 8.07. The number of para-hydroxylation sites is 1. The summed E-state index contributed by atoms with van der Waals surface area (Å²) >= 11 is 0. The van der Waals surface area contributed by atoms with Gasteiger partial charge in [0.2, 0.25) is 0 Å². The molecule has 2 fully saturated rings. The molecule has 0 saturated heterocycles. The van der Waals surface area contributed by atoms with Crippen LogP contribution in [0.1, 0.15) is 50.7 Å². The summed E-state index contributed by atoms with van der Waals surface area (Å²) in [5.74, 6) is 0.465. The number of aromatic nitrogens is 2. The van der Waals surface area contributed by atoms with Crippen molar-refractivity contribution in [1.82, 2.24) is 15.3 Å². The van der Waals surface area contributed by atoms with Gasteiger partial charge < -0.3 is 10.3 Å². The van der Waals surface area contributed by atoms with Crippen molar-refractivity contribution in [2.75, 3.05) is 0 Å². The van der Waals surface area contributed by atoms with Crippen molar-refractivity contribution >= 4 is 16.8 Å². The molecule has 2 aliphatic carbocycles. The highest BCUT2D eigenvalue weighted by atomic mass is 16.2. The number of hydrogen-bond acceptors (Lipinski definition) is 3. The van der Waals surface area contributed by atoms with Crippen molar-refractivity contribution in [3.05, 3.63) is 40.4 Å². The van der Waals surface area contributed by atoms with E-state index in [9.17, 15) is 9.59 Å². The third-order valence-electron chi connectivity index (χ3n) is 6.93. The Bertz CT molecular complexity index is 886. The third-order valence-corrected chi connectivity index (χ3v) is 6.93. The van der Waals surface area contributed by atoms with Gasteiger partial charge in [-0.1, -0.05) is 32.9 Å². The van der Waals surface area contributed by atoms with E-state index in [1.807, 2.05) is 6.07 Å². The molecule has 1 aromatic carbocycles. The average molecular weight is 325 g/mol. The molecule has 126 valence electrons. The lowest BCUT2D eigenvalue weighted by molar-refractivity contribution is 0.0816. The molecule has 3 atom stereocenters. The number of carbonyl (C=O) groups excluding carboxylic acids is 1. The summed E-state index contributed by atoms with van der Waals surface area (Å²) in [5, 5.41) is 3.64. The maximum atomic E-state index is 12.7. The molecule has 0 spiro atoms. The summed E-state index contributed by atoms with van der Waals surface area (Å²) in [5.41, 5.74) is 0.607. The second-order valence-electron chi connectivity index (χ2n) is 8.07. The molecule has 0 aliphatic heterocycles. The van der Waals surface area contributed by atoms with E-state index >= 15 is 0 Å². The number of carbonyl (C=O) groups is 1. The van der Waals surface area contributed by atoms with Crippen LogP contribution in [0.5, 0.6) is 0 Å². The van der Waals surface area contributed by atoms with Gasteiger partial charge in [0.15, 0.2) is 5.82 Å². The molecule has 1 aromatic heterocycles. The number of nitrogens with one attached hydrogen (secondary N) is 2. The van der Waals surface area contributed by atoms with E-state index in [-0.39, 0.29) is 34.2 Å². The first kappa shape index (κ1) is 15.4. The fraction of sp³-hybridized carbons (Fsp3) is 0.526. The van der Waals surface area contributed by atoms with Crippen molar-refractivity contribution in [3.8, 4) is 0 Å². The second kappa shape index (κ2) is 4.91. The molecule has 5 heteroatoms. The van der Waals surface area contributed by atoms with E-state index in [1.165, 1.54) is 6.42 Å². The monoisotopic (exact) mass is 325 g/mol. The molecule has 1 heterocycles. The Morgan fingerprint density at radius 1 is 1.29 bits per heavy atom. The van der Waals surface area contributed by atoms with E-state index in [1.54, 1.807) is 18.2 Å². The summed E-state index contributed by atoms with van der Waals surface area (Å²) in [6, 6.07) is 7.20.